The second-order valence-corrected chi connectivity index (χ2v) is 8.58. The van der Waals surface area contributed by atoms with E-state index in [2.05, 4.69) is 0 Å². The minimum Gasteiger partial charge on any atom is -0.493 e. The van der Waals surface area contributed by atoms with Crippen molar-refractivity contribution in [1.29, 1.82) is 0 Å². The van der Waals surface area contributed by atoms with Crippen LogP contribution in [0.1, 0.15) is 10.6 Å². The molecule has 9 heteroatoms. The van der Waals surface area contributed by atoms with Crippen LogP contribution in [0.3, 0.4) is 0 Å². The van der Waals surface area contributed by atoms with Gasteiger partial charge in [-0.15, -0.1) is 0 Å². The predicted molar refractivity (Wildman–Crippen MR) is 137 cm³/mol. The fraction of sp³-hybridized carbons (Fsp3) is 0.0357. The number of carbonyl (C=O) groups is 1. The van der Waals surface area contributed by atoms with Crippen LogP contribution in [0.25, 0.3) is 44.0 Å². The van der Waals surface area contributed by atoms with Gasteiger partial charge in [0.25, 0.3) is 0 Å². The van der Waals surface area contributed by atoms with E-state index in [1.54, 1.807) is 48.5 Å². The normalized spacial score (nSPS) is 11.3. The van der Waals surface area contributed by atoms with Crippen molar-refractivity contribution in [2.45, 2.75) is 0 Å². The van der Waals surface area contributed by atoms with Crippen molar-refractivity contribution in [3.05, 3.63) is 104 Å². The molecule has 0 aliphatic heterocycles. The van der Waals surface area contributed by atoms with E-state index >= 15 is 0 Å². The number of para-hydroxylation sites is 1. The van der Waals surface area contributed by atoms with Crippen molar-refractivity contribution in [3.8, 4) is 22.6 Å². The van der Waals surface area contributed by atoms with Crippen molar-refractivity contribution in [2.24, 2.45) is 0 Å². The number of carbonyl (C=O) groups excluding carboxylic acids is 1. The topological polar surface area (TPSA) is 109 Å². The highest BCUT2D eigenvalue weighted by molar-refractivity contribution is 6.31. The van der Waals surface area contributed by atoms with Crippen molar-refractivity contribution < 1.29 is 27.5 Å². The number of halogens is 1. The van der Waals surface area contributed by atoms with Crippen LogP contribution in [0.4, 0.5) is 0 Å². The quantitative estimate of drug-likeness (QED) is 0.155. The number of furan rings is 1. The van der Waals surface area contributed by atoms with E-state index in [0.717, 1.165) is 0 Å². The minimum atomic E-state index is -0.741. The first-order valence-corrected chi connectivity index (χ1v) is 11.4. The Labute approximate surface area is 212 Å². The number of hydrogen-bond donors (Lipinski definition) is 0. The molecule has 8 nitrogen and oxygen atoms in total. The molecule has 6 rings (SSSR count). The first-order valence-electron chi connectivity index (χ1n) is 11.0. The zero-order chi connectivity index (χ0) is 25.7. The summed E-state index contributed by atoms with van der Waals surface area (Å²) < 4.78 is 27.1. The molecule has 0 fully saturated rings. The first-order chi connectivity index (χ1) is 17.9. The van der Waals surface area contributed by atoms with Gasteiger partial charge in [-0.3, -0.25) is 0 Å². The summed E-state index contributed by atoms with van der Waals surface area (Å²) >= 11 is 5.99. The summed E-state index contributed by atoms with van der Waals surface area (Å²) in [5.41, 5.74) is 0.0514. The molecular weight excluding hydrogens is 500 g/mol. The molecule has 3 aromatic carbocycles. The largest absolute Gasteiger partial charge is 0.493 e. The van der Waals surface area contributed by atoms with E-state index in [1.165, 1.54) is 31.4 Å². The minimum absolute atomic E-state index is 0.0169. The lowest BCUT2D eigenvalue weighted by Crippen LogP contribution is -2.08. The van der Waals surface area contributed by atoms with Gasteiger partial charge in [-0.05, 0) is 48.5 Å². The Morgan fingerprint density at radius 2 is 1.68 bits per heavy atom. The van der Waals surface area contributed by atoms with E-state index in [9.17, 15) is 14.4 Å². The second kappa shape index (κ2) is 8.69. The summed E-state index contributed by atoms with van der Waals surface area (Å²) in [4.78, 5) is 37.9. The van der Waals surface area contributed by atoms with Crippen LogP contribution >= 0.6 is 11.6 Å². The summed E-state index contributed by atoms with van der Waals surface area (Å²) in [6, 6.07) is 19.0. The van der Waals surface area contributed by atoms with Crippen LogP contribution in [-0.4, -0.2) is 13.1 Å². The van der Waals surface area contributed by atoms with Crippen molar-refractivity contribution >= 4 is 50.5 Å². The maximum atomic E-state index is 12.9. The van der Waals surface area contributed by atoms with Gasteiger partial charge < -0.3 is 22.7 Å². The average molecular weight is 515 g/mol. The van der Waals surface area contributed by atoms with Gasteiger partial charge in [-0.1, -0.05) is 23.7 Å². The molecule has 0 bridgehead atoms. The van der Waals surface area contributed by atoms with Crippen molar-refractivity contribution in [2.75, 3.05) is 7.11 Å². The van der Waals surface area contributed by atoms with E-state index < -0.39 is 17.2 Å². The number of esters is 1. The van der Waals surface area contributed by atoms with Gasteiger partial charge in [0.2, 0.25) is 5.76 Å². The molecule has 0 amide bonds. The van der Waals surface area contributed by atoms with Gasteiger partial charge in [-0.25, -0.2) is 14.4 Å². The third-order valence-electron chi connectivity index (χ3n) is 5.84. The molecule has 0 spiro atoms. The summed E-state index contributed by atoms with van der Waals surface area (Å²) in [6.07, 6.45) is 0. The molecule has 3 heterocycles. The highest BCUT2D eigenvalue weighted by Gasteiger charge is 2.18. The molecule has 6 aromatic rings. The van der Waals surface area contributed by atoms with Gasteiger partial charge in [0.1, 0.15) is 16.9 Å². The highest BCUT2D eigenvalue weighted by Crippen LogP contribution is 2.32. The molecule has 0 aliphatic rings. The zero-order valence-corrected chi connectivity index (χ0v) is 19.8. The molecular formula is C28H15ClO8. The van der Waals surface area contributed by atoms with Gasteiger partial charge in [0.05, 0.1) is 12.7 Å². The summed E-state index contributed by atoms with van der Waals surface area (Å²) in [5, 5.41) is 2.23. The van der Waals surface area contributed by atoms with Crippen LogP contribution < -0.4 is 20.7 Å². The number of hydrogen-bond acceptors (Lipinski definition) is 8. The van der Waals surface area contributed by atoms with Crippen molar-refractivity contribution in [3.63, 3.8) is 0 Å². The maximum absolute atomic E-state index is 12.9. The molecule has 37 heavy (non-hydrogen) atoms. The Morgan fingerprint density at radius 3 is 2.51 bits per heavy atom. The molecule has 0 unspecified atom stereocenters. The average Bonchev–Trinajstić information content (AvgIpc) is 3.31. The van der Waals surface area contributed by atoms with Gasteiger partial charge in [0, 0.05) is 38.9 Å². The van der Waals surface area contributed by atoms with Gasteiger partial charge in [0.15, 0.2) is 11.3 Å². The Hall–Kier alpha value is -4.82. The molecule has 0 saturated heterocycles. The van der Waals surface area contributed by atoms with Crippen LogP contribution in [-0.2, 0) is 0 Å². The van der Waals surface area contributed by atoms with E-state index in [-0.39, 0.29) is 22.7 Å². The van der Waals surface area contributed by atoms with E-state index in [1.807, 2.05) is 0 Å². The molecule has 3 aromatic heterocycles. The van der Waals surface area contributed by atoms with Crippen molar-refractivity contribution in [1.82, 2.24) is 0 Å². The Morgan fingerprint density at radius 1 is 0.811 bits per heavy atom. The standard InChI is InChI=1S/C28H15ClO8/c1-33-22-4-2-3-14-10-20(27(31)37-26(14)22)19-13-25(30)36-23-12-17(6-7-18(19)23)34-28(32)24-11-15-9-16(29)5-8-21(15)35-24/h2-13H,1H3. The van der Waals surface area contributed by atoms with Gasteiger partial charge >= 0.3 is 17.2 Å². The van der Waals surface area contributed by atoms with Crippen LogP contribution in [0.15, 0.2) is 95.6 Å². The van der Waals surface area contributed by atoms with Crippen LogP contribution in [0.5, 0.6) is 11.5 Å². The Balaban J connectivity index is 1.40. The lowest BCUT2D eigenvalue weighted by molar-refractivity contribution is 0.0704. The van der Waals surface area contributed by atoms with E-state index in [4.69, 9.17) is 34.3 Å². The Bertz CT molecular complexity index is 1980. The zero-order valence-electron chi connectivity index (χ0n) is 19.1. The molecule has 0 radical (unpaired) electrons. The molecule has 182 valence electrons. The summed E-state index contributed by atoms with van der Waals surface area (Å²) in [7, 11) is 1.48. The highest BCUT2D eigenvalue weighted by atomic mass is 35.5. The predicted octanol–water partition coefficient (Wildman–Crippen LogP) is 6.19. The smallest absolute Gasteiger partial charge is 0.379 e. The van der Waals surface area contributed by atoms with E-state index in [0.29, 0.717) is 43.7 Å². The fourth-order valence-electron chi connectivity index (χ4n) is 4.17. The Kier molecular flexibility index (Phi) is 5.31. The molecule has 0 N–H and O–H groups in total. The number of methoxy groups -OCH3 is 1. The fourth-order valence-corrected chi connectivity index (χ4v) is 4.35. The third kappa shape index (κ3) is 4.03. The molecule has 0 atom stereocenters. The molecule has 0 aliphatic carbocycles. The second-order valence-electron chi connectivity index (χ2n) is 8.15. The monoisotopic (exact) mass is 514 g/mol. The number of ether oxygens (including phenoxy) is 2. The lowest BCUT2D eigenvalue weighted by Gasteiger charge is -2.09. The third-order valence-corrected chi connectivity index (χ3v) is 6.08. The lowest BCUT2D eigenvalue weighted by atomic mass is 10.0. The number of benzene rings is 3. The van der Waals surface area contributed by atoms with Crippen LogP contribution in [0, 0.1) is 0 Å². The van der Waals surface area contributed by atoms with Crippen LogP contribution in [0.2, 0.25) is 5.02 Å². The summed E-state index contributed by atoms with van der Waals surface area (Å²) in [6.45, 7) is 0. The number of fused-ring (bicyclic) bond motifs is 3. The number of rotatable bonds is 4. The summed E-state index contributed by atoms with van der Waals surface area (Å²) in [5.74, 6) is -0.227. The van der Waals surface area contributed by atoms with Gasteiger partial charge in [-0.2, -0.15) is 0 Å². The first kappa shape index (κ1) is 22.6. The molecule has 0 saturated carbocycles. The SMILES string of the molecule is COc1cccc2cc(-c3cc(=O)oc4cc(OC(=O)c5cc6cc(Cl)ccc6o5)ccc34)c(=O)oc12. The maximum Gasteiger partial charge on any atom is 0.379 e.